The van der Waals surface area contributed by atoms with Crippen LogP contribution in [0.1, 0.15) is 22.3 Å². The third-order valence-corrected chi connectivity index (χ3v) is 5.23. The Bertz CT molecular complexity index is 1170. The molecular formula is C23H20F3N3O2. The first-order chi connectivity index (χ1) is 14.8. The van der Waals surface area contributed by atoms with E-state index >= 15 is 0 Å². The maximum atomic E-state index is 14.4. The highest BCUT2D eigenvalue weighted by Gasteiger charge is 2.40. The average molecular weight is 427 g/mol. The molecular weight excluding hydrogens is 407 g/mol. The van der Waals surface area contributed by atoms with Crippen LogP contribution in [-0.4, -0.2) is 24.2 Å². The van der Waals surface area contributed by atoms with Gasteiger partial charge in [0.1, 0.15) is 12.4 Å². The van der Waals surface area contributed by atoms with E-state index < -0.39 is 18.1 Å². The van der Waals surface area contributed by atoms with Crippen LogP contribution in [0.5, 0.6) is 5.75 Å². The second kappa shape index (κ2) is 7.94. The van der Waals surface area contributed by atoms with Gasteiger partial charge in [-0.1, -0.05) is 24.3 Å². The summed E-state index contributed by atoms with van der Waals surface area (Å²) in [4.78, 5) is 8.34. The molecule has 2 aromatic carbocycles. The maximum Gasteiger partial charge on any atom is 0.387 e. The Morgan fingerprint density at radius 2 is 1.87 bits per heavy atom. The Balaban J connectivity index is 1.83. The zero-order chi connectivity index (χ0) is 22.2. The summed E-state index contributed by atoms with van der Waals surface area (Å²) in [6.45, 7) is 0.701. The van der Waals surface area contributed by atoms with Crippen LogP contribution in [0, 0.1) is 19.8 Å². The first-order valence-corrected chi connectivity index (χ1v) is 9.55. The van der Waals surface area contributed by atoms with E-state index in [4.69, 9.17) is 10.5 Å². The third kappa shape index (κ3) is 3.93. The van der Waals surface area contributed by atoms with Crippen LogP contribution in [-0.2, 0) is 10.3 Å². The van der Waals surface area contributed by atoms with Gasteiger partial charge in [-0.3, -0.25) is 0 Å². The van der Waals surface area contributed by atoms with Crippen LogP contribution in [0.2, 0.25) is 0 Å². The molecule has 0 bridgehead atoms. The Morgan fingerprint density at radius 1 is 1.10 bits per heavy atom. The van der Waals surface area contributed by atoms with E-state index in [1.807, 2.05) is 19.1 Å². The van der Waals surface area contributed by atoms with Crippen molar-refractivity contribution in [1.29, 1.82) is 0 Å². The Hall–Kier alpha value is -3.55. The van der Waals surface area contributed by atoms with Crippen molar-refractivity contribution in [3.63, 3.8) is 0 Å². The first kappa shape index (κ1) is 20.7. The number of ether oxygens (including phenoxy) is 2. The Morgan fingerprint density at radius 3 is 2.55 bits per heavy atom. The molecule has 2 N–H and O–H groups in total. The first-order valence-electron chi connectivity index (χ1n) is 9.55. The van der Waals surface area contributed by atoms with Crippen molar-refractivity contribution >= 4 is 6.02 Å². The van der Waals surface area contributed by atoms with Crippen LogP contribution in [0.25, 0.3) is 11.1 Å². The predicted octanol–water partition coefficient (Wildman–Crippen LogP) is 4.69. The summed E-state index contributed by atoms with van der Waals surface area (Å²) in [5.41, 5.74) is 8.57. The molecule has 0 unspecified atom stereocenters. The number of alkyl halides is 2. The molecule has 4 rings (SSSR count). The van der Waals surface area contributed by atoms with E-state index in [1.165, 1.54) is 12.3 Å². The summed E-state index contributed by atoms with van der Waals surface area (Å²) in [6.07, 6.45) is 1.46. The van der Waals surface area contributed by atoms with Gasteiger partial charge in [0.15, 0.2) is 5.54 Å². The van der Waals surface area contributed by atoms with Gasteiger partial charge in [-0.25, -0.2) is 9.98 Å². The normalized spacial score (nSPS) is 18.1. The molecule has 1 aliphatic rings. The molecule has 0 fully saturated rings. The molecule has 5 nitrogen and oxygen atoms in total. The van der Waals surface area contributed by atoms with Gasteiger partial charge in [-0.2, -0.15) is 13.2 Å². The molecule has 0 radical (unpaired) electrons. The molecule has 2 heterocycles. The molecule has 0 saturated carbocycles. The number of hydrogen-bond donors (Lipinski definition) is 1. The van der Waals surface area contributed by atoms with Crippen LogP contribution in [0.4, 0.5) is 13.2 Å². The van der Waals surface area contributed by atoms with E-state index in [0.717, 1.165) is 5.56 Å². The summed E-state index contributed by atoms with van der Waals surface area (Å²) in [6, 6.07) is 13.8. The van der Waals surface area contributed by atoms with Gasteiger partial charge in [0.25, 0.3) is 6.02 Å². The number of nitrogens with zero attached hydrogens (tertiary/aromatic N) is 2. The lowest BCUT2D eigenvalue weighted by Gasteiger charge is -2.26. The smallest absolute Gasteiger partial charge is 0.387 e. The van der Waals surface area contributed by atoms with Crippen molar-refractivity contribution in [3.05, 3.63) is 82.9 Å². The molecule has 1 aliphatic heterocycles. The summed E-state index contributed by atoms with van der Waals surface area (Å²) < 4.78 is 49.7. The summed E-state index contributed by atoms with van der Waals surface area (Å²) in [7, 11) is 0. The fraction of sp³-hybridized carbons (Fsp3) is 0.217. The van der Waals surface area contributed by atoms with Crippen molar-refractivity contribution in [2.75, 3.05) is 6.61 Å². The zero-order valence-corrected chi connectivity index (χ0v) is 16.9. The summed E-state index contributed by atoms with van der Waals surface area (Å²) >= 11 is 0. The van der Waals surface area contributed by atoms with Crippen molar-refractivity contribution in [1.82, 2.24) is 4.98 Å². The number of amidine groups is 1. The minimum absolute atomic E-state index is 0.0133. The lowest BCUT2D eigenvalue weighted by molar-refractivity contribution is -0.0503. The number of pyridine rings is 1. The second-order valence-electron chi connectivity index (χ2n) is 7.39. The molecule has 3 aromatic rings. The minimum atomic E-state index is -2.92. The number of nitrogens with two attached hydrogens (primary N) is 1. The number of aryl methyl sites for hydroxylation is 2. The molecule has 1 aromatic heterocycles. The molecule has 0 saturated heterocycles. The number of benzene rings is 2. The third-order valence-electron chi connectivity index (χ3n) is 5.23. The molecule has 8 heteroatoms. The second-order valence-corrected chi connectivity index (χ2v) is 7.39. The van der Waals surface area contributed by atoms with E-state index in [9.17, 15) is 13.2 Å². The van der Waals surface area contributed by atoms with E-state index in [2.05, 4.69) is 14.7 Å². The SMILES string of the molecule is Cc1cnc(F)c(-c2cccc([C@]3(c4ccc(OC(F)F)c(C)c4)COC(N)=N3)c2)c1. The molecule has 0 aliphatic carbocycles. The lowest BCUT2D eigenvalue weighted by Crippen LogP contribution is -2.27. The van der Waals surface area contributed by atoms with Crippen LogP contribution in [0.3, 0.4) is 0 Å². The van der Waals surface area contributed by atoms with Crippen molar-refractivity contribution in [2.45, 2.75) is 26.0 Å². The zero-order valence-electron chi connectivity index (χ0n) is 16.9. The Kier molecular flexibility index (Phi) is 5.31. The molecule has 31 heavy (non-hydrogen) atoms. The molecule has 160 valence electrons. The number of halogens is 3. The molecule has 0 amide bonds. The van der Waals surface area contributed by atoms with Gasteiger partial charge in [0.2, 0.25) is 5.95 Å². The lowest BCUT2D eigenvalue weighted by atomic mass is 9.82. The van der Waals surface area contributed by atoms with Crippen molar-refractivity contribution in [2.24, 2.45) is 10.7 Å². The van der Waals surface area contributed by atoms with Crippen LogP contribution >= 0.6 is 0 Å². The monoisotopic (exact) mass is 427 g/mol. The minimum Gasteiger partial charge on any atom is -0.462 e. The Labute approximate surface area is 177 Å². The predicted molar refractivity (Wildman–Crippen MR) is 111 cm³/mol. The fourth-order valence-corrected chi connectivity index (χ4v) is 3.73. The van der Waals surface area contributed by atoms with Gasteiger partial charge < -0.3 is 15.2 Å². The summed E-state index contributed by atoms with van der Waals surface area (Å²) in [5.74, 6) is -0.502. The van der Waals surface area contributed by atoms with E-state index in [1.54, 1.807) is 37.3 Å². The van der Waals surface area contributed by atoms with Crippen molar-refractivity contribution in [3.8, 4) is 16.9 Å². The van der Waals surface area contributed by atoms with Gasteiger partial charge in [-0.05, 0) is 65.9 Å². The van der Waals surface area contributed by atoms with E-state index in [0.29, 0.717) is 27.8 Å². The highest BCUT2D eigenvalue weighted by molar-refractivity contribution is 5.76. The van der Waals surface area contributed by atoms with Gasteiger partial charge in [-0.15, -0.1) is 0 Å². The molecule has 1 atom stereocenters. The highest BCUT2D eigenvalue weighted by atomic mass is 19.3. The largest absolute Gasteiger partial charge is 0.462 e. The standard InChI is InChI=1S/C23H20F3N3O2/c1-13-8-18(20(24)28-11-13)15-4-3-5-16(10-15)23(12-30-22(27)29-23)17-6-7-19(14(2)9-17)31-21(25)26/h3-11,21H,12H2,1-2H3,(H2,27,29)/t23-/m0/s1. The maximum absolute atomic E-state index is 14.4. The van der Waals surface area contributed by atoms with E-state index in [-0.39, 0.29) is 18.4 Å². The molecule has 0 spiro atoms. The van der Waals surface area contributed by atoms with Gasteiger partial charge >= 0.3 is 6.61 Å². The van der Waals surface area contributed by atoms with Crippen LogP contribution < -0.4 is 10.5 Å². The average Bonchev–Trinajstić information content (AvgIpc) is 3.14. The van der Waals surface area contributed by atoms with Crippen LogP contribution in [0.15, 0.2) is 59.7 Å². The van der Waals surface area contributed by atoms with Crippen molar-refractivity contribution < 1.29 is 22.6 Å². The van der Waals surface area contributed by atoms with Gasteiger partial charge in [0, 0.05) is 11.8 Å². The quantitative estimate of drug-likeness (QED) is 0.600. The number of aromatic nitrogens is 1. The number of rotatable bonds is 5. The topological polar surface area (TPSA) is 69.7 Å². The fourth-order valence-electron chi connectivity index (χ4n) is 3.73. The highest BCUT2D eigenvalue weighted by Crippen LogP contribution is 2.40. The number of aliphatic imine (C=N–C) groups is 1. The summed E-state index contributed by atoms with van der Waals surface area (Å²) in [5, 5.41) is 0. The number of hydrogen-bond acceptors (Lipinski definition) is 5. The van der Waals surface area contributed by atoms with Gasteiger partial charge in [0.05, 0.1) is 0 Å².